The number of primary amides is 1. The molecule has 2 saturated carbocycles. The van der Waals surface area contributed by atoms with Crippen LogP contribution in [-0.2, 0) is 4.79 Å². The molecule has 2 aromatic rings. The maximum atomic E-state index is 12.5. The average Bonchev–Trinajstić information content (AvgIpc) is 3.17. The van der Waals surface area contributed by atoms with E-state index in [1.165, 1.54) is 57.8 Å². The maximum Gasteiger partial charge on any atom is 0.289 e. The number of hydrogen-bond donors (Lipinski definition) is 1. The Labute approximate surface area is 190 Å². The fourth-order valence-corrected chi connectivity index (χ4v) is 7.97. The van der Waals surface area contributed by atoms with E-state index in [2.05, 4.69) is 15.5 Å². The van der Waals surface area contributed by atoms with Crippen molar-refractivity contribution in [1.82, 2.24) is 9.47 Å². The number of piperidine rings is 2. The molecule has 170 valence electrons. The molecule has 0 spiro atoms. The number of carbonyl (C=O) groups is 2. The second kappa shape index (κ2) is 8.02. The van der Waals surface area contributed by atoms with Gasteiger partial charge in [0.25, 0.3) is 11.7 Å². The minimum atomic E-state index is -0.873. The fourth-order valence-electron chi connectivity index (χ4n) is 7.97. The molecule has 1 aromatic heterocycles. The van der Waals surface area contributed by atoms with Crippen molar-refractivity contribution in [2.45, 2.75) is 94.8 Å². The molecule has 0 radical (unpaired) electrons. The Hall–Kier alpha value is -2.14. The molecule has 5 heteroatoms. The third-order valence-electron chi connectivity index (χ3n) is 9.13. The van der Waals surface area contributed by atoms with Crippen LogP contribution in [0.25, 0.3) is 10.9 Å². The van der Waals surface area contributed by atoms with Gasteiger partial charge in [0.05, 0.1) is 5.56 Å². The Morgan fingerprint density at radius 1 is 0.781 bits per heavy atom. The number of carbonyl (C=O) groups excluding carboxylic acids is 2. The predicted octanol–water partition coefficient (Wildman–Crippen LogP) is 4.84. The average molecular weight is 434 g/mol. The van der Waals surface area contributed by atoms with Gasteiger partial charge in [0.15, 0.2) is 0 Å². The molecule has 32 heavy (non-hydrogen) atoms. The number of aromatic nitrogens is 1. The second-order valence-corrected chi connectivity index (χ2v) is 11.0. The zero-order valence-corrected chi connectivity index (χ0v) is 18.9. The summed E-state index contributed by atoms with van der Waals surface area (Å²) in [6.45, 7) is 0. The molecule has 4 unspecified atom stereocenters. The molecule has 4 fully saturated rings. The fraction of sp³-hybridized carbons (Fsp3) is 0.630. The van der Waals surface area contributed by atoms with E-state index < -0.39 is 11.7 Å². The first-order chi connectivity index (χ1) is 15.6. The molecule has 3 heterocycles. The van der Waals surface area contributed by atoms with Crippen molar-refractivity contribution >= 4 is 22.6 Å². The lowest BCUT2D eigenvalue weighted by Gasteiger charge is -2.55. The smallest absolute Gasteiger partial charge is 0.289 e. The summed E-state index contributed by atoms with van der Waals surface area (Å²) >= 11 is 0. The van der Waals surface area contributed by atoms with Crippen molar-refractivity contribution in [2.24, 2.45) is 17.6 Å². The molecule has 4 aliphatic rings. The quantitative estimate of drug-likeness (QED) is 0.554. The first kappa shape index (κ1) is 20.5. The summed E-state index contributed by atoms with van der Waals surface area (Å²) in [5, 5.41) is 0.851. The van der Waals surface area contributed by atoms with Gasteiger partial charge in [-0.25, -0.2) is 0 Å². The van der Waals surface area contributed by atoms with Crippen LogP contribution in [0.2, 0.25) is 0 Å². The van der Waals surface area contributed by atoms with Gasteiger partial charge in [-0.05, 0) is 62.8 Å². The SMILES string of the molecule is NC(=O)C(=O)c1cn(C2CC3CCC[C@@H](C2)N3C2CC3CCCC(C3)C2)c2ccccc12. The highest BCUT2D eigenvalue weighted by Gasteiger charge is 2.45. The monoisotopic (exact) mass is 433 g/mol. The largest absolute Gasteiger partial charge is 0.363 e. The van der Waals surface area contributed by atoms with E-state index in [-0.39, 0.29) is 0 Å². The summed E-state index contributed by atoms with van der Waals surface area (Å²) in [5.74, 6) is 0.470. The third-order valence-corrected chi connectivity index (χ3v) is 9.13. The van der Waals surface area contributed by atoms with Crippen molar-refractivity contribution in [3.05, 3.63) is 36.0 Å². The number of para-hydroxylation sites is 1. The summed E-state index contributed by atoms with van der Waals surface area (Å²) in [4.78, 5) is 27.1. The molecule has 2 aliphatic carbocycles. The summed E-state index contributed by atoms with van der Waals surface area (Å²) in [6, 6.07) is 10.4. The van der Waals surface area contributed by atoms with E-state index in [1.807, 2.05) is 24.4 Å². The van der Waals surface area contributed by atoms with Gasteiger partial charge in [0, 0.05) is 41.3 Å². The molecular weight excluding hydrogens is 398 g/mol. The van der Waals surface area contributed by atoms with E-state index in [1.54, 1.807) is 0 Å². The lowest BCUT2D eigenvalue weighted by Crippen LogP contribution is -2.58. The van der Waals surface area contributed by atoms with Gasteiger partial charge in [0.2, 0.25) is 0 Å². The van der Waals surface area contributed by atoms with Crippen LogP contribution in [0.4, 0.5) is 0 Å². The molecular formula is C27H35N3O2. The zero-order chi connectivity index (χ0) is 21.8. The van der Waals surface area contributed by atoms with E-state index in [0.29, 0.717) is 23.7 Å². The molecule has 2 N–H and O–H groups in total. The van der Waals surface area contributed by atoms with Crippen LogP contribution in [0.3, 0.4) is 0 Å². The Morgan fingerprint density at radius 3 is 2.12 bits per heavy atom. The van der Waals surface area contributed by atoms with Gasteiger partial charge in [-0.15, -0.1) is 0 Å². The standard InChI is InChI=1S/C27H35N3O2/c28-27(32)26(31)24-16-29(25-10-2-1-9-23(24)25)21-14-19-7-4-8-20(15-21)30(19)22-12-17-5-3-6-18(11-17)13-22/h1-2,9-10,16-22H,3-8,11-15H2,(H2,28,32)/t17?,18?,19-,20?,21?,22?/m0/s1. The van der Waals surface area contributed by atoms with Crippen LogP contribution < -0.4 is 5.73 Å². The predicted molar refractivity (Wildman–Crippen MR) is 125 cm³/mol. The summed E-state index contributed by atoms with van der Waals surface area (Å²) in [7, 11) is 0. The van der Waals surface area contributed by atoms with Crippen LogP contribution in [0.15, 0.2) is 30.5 Å². The van der Waals surface area contributed by atoms with E-state index in [9.17, 15) is 9.59 Å². The normalized spacial score (nSPS) is 35.0. The lowest BCUT2D eigenvalue weighted by molar-refractivity contribution is -0.114. The van der Waals surface area contributed by atoms with Gasteiger partial charge in [-0.3, -0.25) is 14.5 Å². The molecule has 4 bridgehead atoms. The number of fused-ring (bicyclic) bond motifs is 5. The first-order valence-corrected chi connectivity index (χ1v) is 12.8. The highest BCUT2D eigenvalue weighted by atomic mass is 16.2. The van der Waals surface area contributed by atoms with E-state index in [4.69, 9.17) is 5.73 Å². The Morgan fingerprint density at radius 2 is 1.44 bits per heavy atom. The Balaban J connectivity index is 1.30. The highest BCUT2D eigenvalue weighted by molar-refractivity contribution is 6.44. The van der Waals surface area contributed by atoms with Crippen LogP contribution in [0.5, 0.6) is 0 Å². The van der Waals surface area contributed by atoms with Crippen molar-refractivity contribution in [2.75, 3.05) is 0 Å². The van der Waals surface area contributed by atoms with Crippen LogP contribution in [0.1, 0.15) is 87.0 Å². The van der Waals surface area contributed by atoms with Gasteiger partial charge in [-0.2, -0.15) is 0 Å². The summed E-state index contributed by atoms with van der Waals surface area (Å²) < 4.78 is 2.30. The van der Waals surface area contributed by atoms with Crippen molar-refractivity contribution in [1.29, 1.82) is 0 Å². The summed E-state index contributed by atoms with van der Waals surface area (Å²) in [6.07, 6.45) is 16.8. The maximum absolute atomic E-state index is 12.5. The Bertz CT molecular complexity index is 1020. The van der Waals surface area contributed by atoms with Crippen LogP contribution in [-0.4, -0.2) is 39.3 Å². The molecule has 6 rings (SSSR count). The molecule has 5 atom stereocenters. The molecule has 2 saturated heterocycles. The lowest BCUT2D eigenvalue weighted by atomic mass is 9.68. The van der Waals surface area contributed by atoms with Gasteiger partial charge >= 0.3 is 0 Å². The third kappa shape index (κ3) is 3.40. The van der Waals surface area contributed by atoms with Crippen molar-refractivity contribution < 1.29 is 9.59 Å². The van der Waals surface area contributed by atoms with Crippen molar-refractivity contribution in [3.63, 3.8) is 0 Å². The Kier molecular flexibility index (Phi) is 5.13. The number of amides is 1. The number of benzene rings is 1. The van der Waals surface area contributed by atoms with Gasteiger partial charge < -0.3 is 10.3 Å². The number of nitrogens with zero attached hydrogens (tertiary/aromatic N) is 2. The second-order valence-electron chi connectivity index (χ2n) is 11.0. The summed E-state index contributed by atoms with van der Waals surface area (Å²) in [5.41, 5.74) is 6.87. The van der Waals surface area contributed by atoms with Crippen LogP contribution >= 0.6 is 0 Å². The van der Waals surface area contributed by atoms with Crippen LogP contribution in [0, 0.1) is 11.8 Å². The highest BCUT2D eigenvalue weighted by Crippen LogP contribution is 2.48. The molecule has 5 nitrogen and oxygen atoms in total. The van der Waals surface area contributed by atoms with Gasteiger partial charge in [-0.1, -0.05) is 43.9 Å². The topological polar surface area (TPSA) is 68.3 Å². The minimum absolute atomic E-state index is 0.379. The number of hydrogen-bond acceptors (Lipinski definition) is 3. The minimum Gasteiger partial charge on any atom is -0.363 e. The number of rotatable bonds is 4. The zero-order valence-electron chi connectivity index (χ0n) is 18.9. The van der Waals surface area contributed by atoms with E-state index >= 15 is 0 Å². The van der Waals surface area contributed by atoms with E-state index in [0.717, 1.165) is 41.6 Å². The number of Topliss-reactive ketones (excluding diaryl/α,β-unsaturated/α-hetero) is 1. The number of nitrogens with two attached hydrogens (primary N) is 1. The van der Waals surface area contributed by atoms with Crippen molar-refractivity contribution in [3.8, 4) is 0 Å². The number of ketones is 1. The molecule has 1 aromatic carbocycles. The first-order valence-electron chi connectivity index (χ1n) is 12.8. The van der Waals surface area contributed by atoms with Gasteiger partial charge in [0.1, 0.15) is 0 Å². The molecule has 2 aliphatic heterocycles. The molecule has 1 amide bonds.